The molecule has 0 aromatic carbocycles. The van der Waals surface area contributed by atoms with E-state index in [0.717, 1.165) is 0 Å². The number of nitrogens with zero attached hydrogens (tertiary/aromatic N) is 1. The summed E-state index contributed by atoms with van der Waals surface area (Å²) in [6.07, 6.45) is 2.48. The first-order valence-corrected chi connectivity index (χ1v) is 8.78. The highest BCUT2D eigenvalue weighted by Crippen LogP contribution is 2.21. The minimum atomic E-state index is -0.523. The largest absolute Gasteiger partial charge is 0.477 e. The molecule has 0 saturated heterocycles. The molecule has 1 atom stereocenters. The number of methoxy groups -OCH3 is 1. The molecular formula is C17H25BrN2O5. The number of hydrogen-bond donors (Lipinski definition) is 1. The Morgan fingerprint density at radius 2 is 2.04 bits per heavy atom. The number of esters is 1. The van der Waals surface area contributed by atoms with Gasteiger partial charge in [0.15, 0.2) is 0 Å². The van der Waals surface area contributed by atoms with E-state index >= 15 is 0 Å². The molecule has 1 rings (SSSR count). The number of ether oxygens (including phenoxy) is 3. The molecule has 1 amide bonds. The van der Waals surface area contributed by atoms with Crippen molar-refractivity contribution in [1.82, 2.24) is 10.3 Å². The van der Waals surface area contributed by atoms with Crippen LogP contribution in [-0.4, -0.2) is 42.4 Å². The maximum atomic E-state index is 11.7. The molecule has 7 nitrogen and oxygen atoms in total. The predicted octanol–water partition coefficient (Wildman–Crippen LogP) is 3.70. The highest BCUT2D eigenvalue weighted by atomic mass is 79.9. The predicted molar refractivity (Wildman–Crippen MR) is 96.8 cm³/mol. The second-order valence-corrected chi connectivity index (χ2v) is 7.45. The van der Waals surface area contributed by atoms with Gasteiger partial charge in [0.1, 0.15) is 11.2 Å². The number of halogens is 1. The summed E-state index contributed by atoms with van der Waals surface area (Å²) in [6, 6.07) is 1.54. The summed E-state index contributed by atoms with van der Waals surface area (Å²) >= 11 is 3.26. The van der Waals surface area contributed by atoms with Gasteiger partial charge in [0.2, 0.25) is 5.88 Å². The normalized spacial score (nSPS) is 12.2. The van der Waals surface area contributed by atoms with Gasteiger partial charge in [-0.15, -0.1) is 0 Å². The van der Waals surface area contributed by atoms with Crippen molar-refractivity contribution in [2.45, 2.75) is 52.2 Å². The van der Waals surface area contributed by atoms with Crippen molar-refractivity contribution in [3.63, 3.8) is 0 Å². The number of nitrogens with one attached hydrogen (secondary N) is 1. The number of amides is 1. The summed E-state index contributed by atoms with van der Waals surface area (Å²) in [5.74, 6) is -0.286. The maximum absolute atomic E-state index is 11.7. The van der Waals surface area contributed by atoms with Crippen LogP contribution in [0, 0.1) is 0 Å². The number of aromatic nitrogens is 1. The van der Waals surface area contributed by atoms with E-state index in [9.17, 15) is 9.59 Å². The van der Waals surface area contributed by atoms with Crippen LogP contribution in [0.1, 0.15) is 50.9 Å². The minimum Gasteiger partial charge on any atom is -0.477 e. The average molecular weight is 417 g/mol. The topological polar surface area (TPSA) is 86.8 Å². The van der Waals surface area contributed by atoms with Crippen molar-refractivity contribution >= 4 is 28.0 Å². The number of pyridine rings is 1. The summed E-state index contributed by atoms with van der Waals surface area (Å²) in [5.41, 5.74) is -0.262. The fraction of sp³-hybridized carbons (Fsp3) is 0.588. The first-order chi connectivity index (χ1) is 11.6. The van der Waals surface area contributed by atoms with Crippen molar-refractivity contribution in [2.24, 2.45) is 0 Å². The van der Waals surface area contributed by atoms with Gasteiger partial charge in [-0.25, -0.2) is 14.6 Å². The molecule has 0 aliphatic rings. The molecule has 1 aromatic rings. The van der Waals surface area contributed by atoms with Crippen LogP contribution in [0.5, 0.6) is 5.88 Å². The van der Waals surface area contributed by atoms with Gasteiger partial charge in [-0.2, -0.15) is 0 Å². The summed E-state index contributed by atoms with van der Waals surface area (Å²) in [7, 11) is 1.30. The van der Waals surface area contributed by atoms with Crippen LogP contribution in [0.3, 0.4) is 0 Å². The average Bonchev–Trinajstić information content (AvgIpc) is 2.49. The molecule has 25 heavy (non-hydrogen) atoms. The van der Waals surface area contributed by atoms with E-state index in [0.29, 0.717) is 23.9 Å². The molecule has 1 unspecified atom stereocenters. The Balaban J connectivity index is 2.43. The third-order valence-electron chi connectivity index (χ3n) is 3.01. The van der Waals surface area contributed by atoms with Crippen LogP contribution in [0.15, 0.2) is 16.7 Å². The zero-order valence-corrected chi connectivity index (χ0v) is 16.8. The zero-order valence-electron chi connectivity index (χ0n) is 15.2. The van der Waals surface area contributed by atoms with E-state index in [1.54, 1.807) is 12.3 Å². The van der Waals surface area contributed by atoms with Gasteiger partial charge in [-0.1, -0.05) is 0 Å². The fourth-order valence-electron chi connectivity index (χ4n) is 1.94. The zero-order chi connectivity index (χ0) is 19.0. The lowest BCUT2D eigenvalue weighted by molar-refractivity contribution is 0.0502. The van der Waals surface area contributed by atoms with Crippen molar-refractivity contribution in [1.29, 1.82) is 0 Å². The van der Waals surface area contributed by atoms with E-state index in [1.807, 2.05) is 27.7 Å². The van der Waals surface area contributed by atoms with Gasteiger partial charge >= 0.3 is 12.1 Å². The van der Waals surface area contributed by atoms with Gasteiger partial charge < -0.3 is 19.5 Å². The molecule has 140 valence electrons. The lowest BCUT2D eigenvalue weighted by Gasteiger charge is -2.22. The number of carbonyl (C=O) groups excluding carboxylic acids is 2. The first-order valence-electron chi connectivity index (χ1n) is 7.98. The second kappa shape index (κ2) is 9.60. The molecule has 0 spiro atoms. The van der Waals surface area contributed by atoms with E-state index < -0.39 is 17.7 Å². The summed E-state index contributed by atoms with van der Waals surface area (Å²) in [6.45, 7) is 7.69. The molecule has 0 aliphatic carbocycles. The Morgan fingerprint density at radius 1 is 1.36 bits per heavy atom. The van der Waals surface area contributed by atoms with Crippen LogP contribution >= 0.6 is 15.9 Å². The molecule has 1 N–H and O–H groups in total. The summed E-state index contributed by atoms with van der Waals surface area (Å²) < 4.78 is 16.2. The number of hydrogen-bond acceptors (Lipinski definition) is 6. The van der Waals surface area contributed by atoms with E-state index in [4.69, 9.17) is 14.2 Å². The van der Waals surface area contributed by atoms with Crippen LogP contribution in [0.4, 0.5) is 4.79 Å². The van der Waals surface area contributed by atoms with Crippen molar-refractivity contribution in [3.8, 4) is 5.88 Å². The van der Waals surface area contributed by atoms with Gasteiger partial charge in [0, 0.05) is 16.7 Å². The Hall–Kier alpha value is -1.83. The standard InChI is InChI=1S/C17H25BrN2O5/c1-11(20-16(22)25-17(2,3)4)7-6-8-24-14-13(15(21)23-5)9-12(18)10-19-14/h9-11H,6-8H2,1-5H3,(H,20,22). The lowest BCUT2D eigenvalue weighted by atomic mass is 10.2. The third kappa shape index (κ3) is 8.20. The Morgan fingerprint density at radius 3 is 2.64 bits per heavy atom. The van der Waals surface area contributed by atoms with Crippen LogP contribution in [0.25, 0.3) is 0 Å². The highest BCUT2D eigenvalue weighted by molar-refractivity contribution is 9.10. The maximum Gasteiger partial charge on any atom is 0.407 e. The van der Waals surface area contributed by atoms with Crippen LogP contribution in [-0.2, 0) is 9.47 Å². The molecule has 8 heteroatoms. The molecule has 1 aromatic heterocycles. The first kappa shape index (κ1) is 21.2. The van der Waals surface area contributed by atoms with Crippen LogP contribution in [0.2, 0.25) is 0 Å². The lowest BCUT2D eigenvalue weighted by Crippen LogP contribution is -2.37. The minimum absolute atomic E-state index is 0.0589. The van der Waals surface area contributed by atoms with Crippen molar-refractivity contribution in [3.05, 3.63) is 22.3 Å². The Labute approximate surface area is 156 Å². The van der Waals surface area contributed by atoms with Gasteiger partial charge in [-0.05, 0) is 62.5 Å². The summed E-state index contributed by atoms with van der Waals surface area (Å²) in [5, 5.41) is 2.77. The van der Waals surface area contributed by atoms with Gasteiger partial charge in [0.25, 0.3) is 0 Å². The van der Waals surface area contributed by atoms with Gasteiger partial charge in [-0.3, -0.25) is 0 Å². The molecule has 0 fully saturated rings. The van der Waals surface area contributed by atoms with Crippen molar-refractivity contribution < 1.29 is 23.8 Å². The van der Waals surface area contributed by atoms with Gasteiger partial charge in [0.05, 0.1) is 13.7 Å². The van der Waals surface area contributed by atoms with Crippen molar-refractivity contribution in [2.75, 3.05) is 13.7 Å². The SMILES string of the molecule is COC(=O)c1cc(Br)cnc1OCCCC(C)NC(=O)OC(C)(C)C. The molecule has 0 radical (unpaired) electrons. The second-order valence-electron chi connectivity index (χ2n) is 6.54. The molecular weight excluding hydrogens is 392 g/mol. The Kier molecular flexibility index (Phi) is 8.15. The Bertz CT molecular complexity index is 601. The summed E-state index contributed by atoms with van der Waals surface area (Å²) in [4.78, 5) is 27.5. The fourth-order valence-corrected chi connectivity index (χ4v) is 2.27. The van der Waals surface area contributed by atoms with E-state index in [-0.39, 0.29) is 17.5 Å². The quantitative estimate of drug-likeness (QED) is 0.538. The number of carbonyl (C=O) groups is 2. The highest BCUT2D eigenvalue weighted by Gasteiger charge is 2.18. The van der Waals surface area contributed by atoms with Crippen LogP contribution < -0.4 is 10.1 Å². The van der Waals surface area contributed by atoms with E-state index in [1.165, 1.54) is 7.11 Å². The molecule has 0 aliphatic heterocycles. The monoisotopic (exact) mass is 416 g/mol. The molecule has 1 heterocycles. The molecule has 0 bridgehead atoms. The smallest absolute Gasteiger partial charge is 0.407 e. The third-order valence-corrected chi connectivity index (χ3v) is 3.44. The molecule has 0 saturated carbocycles. The number of alkyl carbamates (subject to hydrolysis) is 1. The van der Waals surface area contributed by atoms with E-state index in [2.05, 4.69) is 26.2 Å². The number of rotatable bonds is 7.